The number of hydrogen-bond donors (Lipinski definition) is 2. The maximum Gasteiger partial charge on any atom is 0.263 e. The van der Waals surface area contributed by atoms with Crippen molar-refractivity contribution in [1.29, 1.82) is 0 Å². The Morgan fingerprint density at radius 1 is 1.45 bits per heavy atom. The van der Waals surface area contributed by atoms with Crippen molar-refractivity contribution in [1.82, 2.24) is 15.3 Å². The summed E-state index contributed by atoms with van der Waals surface area (Å²) < 4.78 is 0. The van der Waals surface area contributed by atoms with Gasteiger partial charge in [0.1, 0.15) is 5.56 Å². The maximum atomic E-state index is 11.0. The van der Waals surface area contributed by atoms with Gasteiger partial charge in [0.05, 0.1) is 18.6 Å². The molecule has 0 saturated heterocycles. The van der Waals surface area contributed by atoms with E-state index < -0.39 is 0 Å². The monoisotopic (exact) mass is 151 g/mol. The van der Waals surface area contributed by atoms with Gasteiger partial charge in [0, 0.05) is 0 Å². The molecule has 11 heavy (non-hydrogen) atoms. The van der Waals surface area contributed by atoms with Crippen molar-refractivity contribution in [3.8, 4) is 0 Å². The second kappa shape index (κ2) is 1.91. The number of fused-ring (bicyclic) bond motifs is 1. The van der Waals surface area contributed by atoms with E-state index in [-0.39, 0.29) is 17.0 Å². The molecule has 0 aliphatic carbocycles. The molecule has 1 aromatic rings. The van der Waals surface area contributed by atoms with Crippen LogP contribution in [0.25, 0.3) is 0 Å². The molecule has 5 heteroatoms. The van der Waals surface area contributed by atoms with E-state index in [1.807, 2.05) is 0 Å². The summed E-state index contributed by atoms with van der Waals surface area (Å²) in [4.78, 5) is 28.0. The van der Waals surface area contributed by atoms with Crippen LogP contribution < -0.4 is 10.9 Å². The first-order chi connectivity index (χ1) is 5.29. The normalized spacial score (nSPS) is 14.4. The molecule has 0 aromatic carbocycles. The molecule has 0 fully saturated rings. The van der Waals surface area contributed by atoms with Crippen LogP contribution in [-0.4, -0.2) is 15.9 Å². The van der Waals surface area contributed by atoms with Crippen LogP contribution in [0.4, 0.5) is 0 Å². The summed E-state index contributed by atoms with van der Waals surface area (Å²) >= 11 is 0. The van der Waals surface area contributed by atoms with E-state index in [9.17, 15) is 9.59 Å². The Hall–Kier alpha value is -1.65. The SMILES string of the molecule is O=C1NCc2nc[nH]c(=O)c21. The summed E-state index contributed by atoms with van der Waals surface area (Å²) in [6.45, 7) is 0.359. The first-order valence-corrected chi connectivity index (χ1v) is 3.14. The Balaban J connectivity index is 2.78. The summed E-state index contributed by atoms with van der Waals surface area (Å²) in [5.41, 5.74) is 0.302. The van der Waals surface area contributed by atoms with E-state index >= 15 is 0 Å². The fourth-order valence-electron chi connectivity index (χ4n) is 1.06. The number of nitrogens with one attached hydrogen (secondary N) is 2. The summed E-state index contributed by atoms with van der Waals surface area (Å²) in [6, 6.07) is 0. The predicted octanol–water partition coefficient (Wildman–Crippen LogP) is -0.987. The number of nitrogens with zero attached hydrogens (tertiary/aromatic N) is 1. The standard InChI is InChI=1S/C6H5N3O2/c10-5-4-3(1-7-5)8-2-9-6(4)11/h2H,1H2,(H,7,10)(H,8,9,11). The molecule has 0 spiro atoms. The van der Waals surface area contributed by atoms with Gasteiger partial charge in [-0.15, -0.1) is 0 Å². The van der Waals surface area contributed by atoms with Crippen molar-refractivity contribution in [2.75, 3.05) is 0 Å². The third kappa shape index (κ3) is 0.739. The fourth-order valence-corrected chi connectivity index (χ4v) is 1.06. The number of amides is 1. The van der Waals surface area contributed by atoms with Gasteiger partial charge in [-0.1, -0.05) is 0 Å². The third-order valence-corrected chi connectivity index (χ3v) is 1.58. The van der Waals surface area contributed by atoms with Gasteiger partial charge in [0.15, 0.2) is 0 Å². The molecular weight excluding hydrogens is 146 g/mol. The molecule has 2 N–H and O–H groups in total. The van der Waals surface area contributed by atoms with Gasteiger partial charge in [0.25, 0.3) is 11.5 Å². The van der Waals surface area contributed by atoms with E-state index in [4.69, 9.17) is 0 Å². The van der Waals surface area contributed by atoms with Crippen LogP contribution in [0.15, 0.2) is 11.1 Å². The number of carbonyl (C=O) groups excluding carboxylic acids is 1. The Morgan fingerprint density at radius 2 is 2.27 bits per heavy atom. The molecule has 2 rings (SSSR count). The number of H-pyrrole nitrogens is 1. The van der Waals surface area contributed by atoms with Crippen molar-refractivity contribution >= 4 is 5.91 Å². The van der Waals surface area contributed by atoms with Gasteiger partial charge in [-0.05, 0) is 0 Å². The highest BCUT2D eigenvalue weighted by atomic mass is 16.2. The zero-order valence-electron chi connectivity index (χ0n) is 5.55. The average molecular weight is 151 g/mol. The highest BCUT2D eigenvalue weighted by Crippen LogP contribution is 2.04. The molecule has 0 atom stereocenters. The van der Waals surface area contributed by atoms with Crippen LogP contribution in [-0.2, 0) is 6.54 Å². The fraction of sp³-hybridized carbons (Fsp3) is 0.167. The van der Waals surface area contributed by atoms with E-state index in [2.05, 4.69) is 15.3 Å². The summed E-state index contributed by atoms with van der Waals surface area (Å²) in [6.07, 6.45) is 1.29. The summed E-state index contributed by atoms with van der Waals surface area (Å²) in [5, 5.41) is 2.50. The van der Waals surface area contributed by atoms with Gasteiger partial charge in [-0.25, -0.2) is 4.98 Å². The number of carbonyl (C=O) groups is 1. The molecule has 1 aliphatic rings. The van der Waals surface area contributed by atoms with Gasteiger partial charge in [-0.3, -0.25) is 9.59 Å². The molecule has 1 amide bonds. The lowest BCUT2D eigenvalue weighted by atomic mass is 10.3. The number of aromatic nitrogens is 2. The van der Waals surface area contributed by atoms with E-state index in [1.54, 1.807) is 0 Å². The number of rotatable bonds is 0. The molecule has 0 saturated carbocycles. The van der Waals surface area contributed by atoms with Gasteiger partial charge in [0.2, 0.25) is 0 Å². The lowest BCUT2D eigenvalue weighted by molar-refractivity contribution is 0.0964. The van der Waals surface area contributed by atoms with E-state index in [0.29, 0.717) is 12.2 Å². The van der Waals surface area contributed by atoms with Gasteiger partial charge >= 0.3 is 0 Å². The molecule has 1 aliphatic heterocycles. The third-order valence-electron chi connectivity index (χ3n) is 1.58. The Morgan fingerprint density at radius 3 is 3.00 bits per heavy atom. The Labute approximate surface area is 61.5 Å². The predicted molar refractivity (Wildman–Crippen MR) is 36.0 cm³/mol. The largest absolute Gasteiger partial charge is 0.346 e. The molecule has 1 aromatic heterocycles. The van der Waals surface area contributed by atoms with Crippen molar-refractivity contribution < 1.29 is 4.79 Å². The lowest BCUT2D eigenvalue weighted by Gasteiger charge is -1.88. The first kappa shape index (κ1) is 6.09. The molecule has 2 heterocycles. The highest BCUT2D eigenvalue weighted by Gasteiger charge is 2.22. The van der Waals surface area contributed by atoms with Crippen LogP contribution in [0.3, 0.4) is 0 Å². The van der Waals surface area contributed by atoms with Crippen molar-refractivity contribution in [3.63, 3.8) is 0 Å². The Kier molecular flexibility index (Phi) is 1.06. The van der Waals surface area contributed by atoms with Crippen LogP contribution in [0.5, 0.6) is 0 Å². The maximum absolute atomic E-state index is 11.0. The molecule has 0 radical (unpaired) electrons. The van der Waals surface area contributed by atoms with Crippen LogP contribution >= 0.6 is 0 Å². The van der Waals surface area contributed by atoms with Gasteiger partial charge in [-0.2, -0.15) is 0 Å². The summed E-state index contributed by atoms with van der Waals surface area (Å²) in [5.74, 6) is -0.339. The second-order valence-electron chi connectivity index (χ2n) is 2.24. The highest BCUT2D eigenvalue weighted by molar-refractivity contribution is 5.97. The molecule has 56 valence electrons. The van der Waals surface area contributed by atoms with Crippen LogP contribution in [0.2, 0.25) is 0 Å². The minimum Gasteiger partial charge on any atom is -0.346 e. The molecule has 0 bridgehead atoms. The quantitative estimate of drug-likeness (QED) is 0.500. The smallest absolute Gasteiger partial charge is 0.263 e. The molecular formula is C6H5N3O2. The topological polar surface area (TPSA) is 74.8 Å². The minimum absolute atomic E-state index is 0.146. The first-order valence-electron chi connectivity index (χ1n) is 3.14. The minimum atomic E-state index is -0.370. The lowest BCUT2D eigenvalue weighted by Crippen LogP contribution is -2.20. The van der Waals surface area contributed by atoms with Crippen LogP contribution in [0.1, 0.15) is 16.1 Å². The van der Waals surface area contributed by atoms with Crippen LogP contribution in [0, 0.1) is 0 Å². The van der Waals surface area contributed by atoms with Crippen molar-refractivity contribution in [3.05, 3.63) is 27.9 Å². The molecule has 5 nitrogen and oxygen atoms in total. The van der Waals surface area contributed by atoms with Crippen molar-refractivity contribution in [2.45, 2.75) is 6.54 Å². The average Bonchev–Trinajstić information content (AvgIpc) is 2.34. The number of aromatic amines is 1. The zero-order chi connectivity index (χ0) is 7.84. The Bertz CT molecular complexity index is 368. The molecule has 0 unspecified atom stereocenters. The number of hydrogen-bond acceptors (Lipinski definition) is 3. The zero-order valence-corrected chi connectivity index (χ0v) is 5.55. The van der Waals surface area contributed by atoms with Crippen molar-refractivity contribution in [2.24, 2.45) is 0 Å². The van der Waals surface area contributed by atoms with Gasteiger partial charge < -0.3 is 10.3 Å². The van der Waals surface area contributed by atoms with E-state index in [1.165, 1.54) is 6.33 Å². The van der Waals surface area contributed by atoms with E-state index in [0.717, 1.165) is 0 Å². The summed E-state index contributed by atoms with van der Waals surface area (Å²) in [7, 11) is 0. The second-order valence-corrected chi connectivity index (χ2v) is 2.24.